The largest absolute Gasteiger partial charge is 0.393 e. The Bertz CT molecular complexity index is 809. The second-order valence-corrected chi connectivity index (χ2v) is 8.88. The molecular weight excluding hydrogens is 374 g/mol. The number of benzene rings is 1. The van der Waals surface area contributed by atoms with Crippen molar-refractivity contribution >= 4 is 17.3 Å². The van der Waals surface area contributed by atoms with Crippen LogP contribution in [0.3, 0.4) is 0 Å². The predicted octanol–water partition coefficient (Wildman–Crippen LogP) is 4.31. The Morgan fingerprint density at radius 1 is 1.03 bits per heavy atom. The molecule has 1 aliphatic carbocycles. The molecule has 1 aromatic carbocycles. The van der Waals surface area contributed by atoms with Crippen LogP contribution in [0.1, 0.15) is 62.6 Å². The molecule has 0 radical (unpaired) electrons. The van der Waals surface area contributed by atoms with Gasteiger partial charge in [-0.15, -0.1) is 0 Å². The van der Waals surface area contributed by atoms with Crippen molar-refractivity contribution in [3.8, 4) is 0 Å². The number of nitrogens with zero attached hydrogens (tertiary/aromatic N) is 3. The maximum Gasteiger partial charge on any atom is 0.151 e. The molecule has 0 unspecified atom stereocenters. The highest BCUT2D eigenvalue weighted by molar-refractivity contribution is 5.58. The van der Waals surface area contributed by atoms with Gasteiger partial charge in [0, 0.05) is 11.7 Å². The lowest BCUT2D eigenvalue weighted by molar-refractivity contribution is 0.126. The van der Waals surface area contributed by atoms with Crippen molar-refractivity contribution in [2.24, 2.45) is 0 Å². The number of aliphatic hydroxyl groups is 1. The van der Waals surface area contributed by atoms with E-state index in [4.69, 9.17) is 4.98 Å². The molecule has 162 valence electrons. The van der Waals surface area contributed by atoms with Crippen LogP contribution in [0.25, 0.3) is 0 Å². The Kier molecular flexibility index (Phi) is 6.85. The van der Waals surface area contributed by atoms with Crippen LogP contribution in [0.2, 0.25) is 0 Å². The average molecular weight is 410 g/mol. The topological polar surface area (TPSA) is 73.3 Å². The van der Waals surface area contributed by atoms with Crippen LogP contribution < -0.4 is 10.6 Å². The number of piperidine rings is 1. The molecule has 1 saturated carbocycles. The number of nitrogens with one attached hydrogen (secondary N) is 2. The summed E-state index contributed by atoms with van der Waals surface area (Å²) in [7, 11) is 2.20. The molecule has 4 rings (SSSR count). The summed E-state index contributed by atoms with van der Waals surface area (Å²) in [5.74, 6) is 2.30. The van der Waals surface area contributed by atoms with Gasteiger partial charge >= 0.3 is 0 Å². The minimum absolute atomic E-state index is 0.148. The number of aliphatic hydroxyl groups excluding tert-OH is 1. The zero-order chi connectivity index (χ0) is 20.9. The first-order chi connectivity index (χ1) is 14.6. The molecule has 2 aliphatic rings. The molecule has 3 N–H and O–H groups in total. The first-order valence-electron chi connectivity index (χ1n) is 11.5. The lowest BCUT2D eigenvalue weighted by Gasteiger charge is -2.29. The molecule has 0 bridgehead atoms. The fourth-order valence-corrected chi connectivity index (χ4v) is 4.59. The van der Waals surface area contributed by atoms with Crippen molar-refractivity contribution in [2.75, 3.05) is 30.8 Å². The molecule has 0 spiro atoms. The van der Waals surface area contributed by atoms with E-state index in [0.29, 0.717) is 12.0 Å². The van der Waals surface area contributed by atoms with Gasteiger partial charge in [0.25, 0.3) is 0 Å². The molecule has 6 nitrogen and oxygen atoms in total. The van der Waals surface area contributed by atoms with Crippen LogP contribution >= 0.6 is 0 Å². The van der Waals surface area contributed by atoms with Gasteiger partial charge in [0.2, 0.25) is 0 Å². The number of aromatic nitrogens is 2. The lowest BCUT2D eigenvalue weighted by atomic mass is 9.89. The van der Waals surface area contributed by atoms with Gasteiger partial charge in [-0.25, -0.2) is 4.98 Å². The number of likely N-dealkylation sites (tertiary alicyclic amines) is 1. The van der Waals surface area contributed by atoms with E-state index in [2.05, 4.69) is 58.8 Å². The van der Waals surface area contributed by atoms with E-state index in [0.717, 1.165) is 55.1 Å². The van der Waals surface area contributed by atoms with Crippen molar-refractivity contribution in [3.63, 3.8) is 0 Å². The zero-order valence-corrected chi connectivity index (χ0v) is 18.3. The second kappa shape index (κ2) is 9.75. The minimum Gasteiger partial charge on any atom is -0.393 e. The highest BCUT2D eigenvalue weighted by Gasteiger charge is 2.21. The van der Waals surface area contributed by atoms with Crippen molar-refractivity contribution in [2.45, 2.75) is 69.9 Å². The fourth-order valence-electron chi connectivity index (χ4n) is 4.59. The SMILES string of the molecule is CCc1ncc(Nc2ccc(C3CCN(C)CC3)cc2)nc1NC1CCC(O)CC1. The van der Waals surface area contributed by atoms with Gasteiger partial charge in [-0.2, -0.15) is 0 Å². The normalized spacial score (nSPS) is 23.3. The van der Waals surface area contributed by atoms with Gasteiger partial charge in [0.1, 0.15) is 5.82 Å². The van der Waals surface area contributed by atoms with E-state index >= 15 is 0 Å². The molecule has 1 aromatic heterocycles. The van der Waals surface area contributed by atoms with Gasteiger partial charge in [-0.3, -0.25) is 4.98 Å². The van der Waals surface area contributed by atoms with Crippen LogP contribution in [0.4, 0.5) is 17.3 Å². The highest BCUT2D eigenvalue weighted by Crippen LogP contribution is 2.29. The van der Waals surface area contributed by atoms with E-state index in [1.807, 2.05) is 6.20 Å². The summed E-state index contributed by atoms with van der Waals surface area (Å²) < 4.78 is 0. The number of anilines is 3. The van der Waals surface area contributed by atoms with Gasteiger partial charge < -0.3 is 20.6 Å². The van der Waals surface area contributed by atoms with Gasteiger partial charge in [0.15, 0.2) is 5.82 Å². The lowest BCUT2D eigenvalue weighted by Crippen LogP contribution is -2.29. The summed E-state index contributed by atoms with van der Waals surface area (Å²) in [5.41, 5.74) is 3.46. The third-order valence-electron chi connectivity index (χ3n) is 6.59. The van der Waals surface area contributed by atoms with E-state index in [9.17, 15) is 5.11 Å². The highest BCUT2D eigenvalue weighted by atomic mass is 16.3. The Morgan fingerprint density at radius 3 is 2.40 bits per heavy atom. The third kappa shape index (κ3) is 5.29. The van der Waals surface area contributed by atoms with Crippen LogP contribution in [0.15, 0.2) is 30.5 Å². The standard InChI is InChI=1S/C24H35N5O/c1-3-22-24(27-20-8-10-21(30)11-9-20)28-23(16-25-22)26-19-6-4-17(5-7-19)18-12-14-29(2)15-13-18/h4-7,16,18,20-21,30H,3,8-15H2,1-2H3,(H2,26,27,28). The third-order valence-corrected chi connectivity index (χ3v) is 6.59. The predicted molar refractivity (Wildman–Crippen MR) is 122 cm³/mol. The molecule has 2 aromatic rings. The van der Waals surface area contributed by atoms with Crippen molar-refractivity contribution < 1.29 is 5.11 Å². The van der Waals surface area contributed by atoms with Crippen LogP contribution in [0.5, 0.6) is 0 Å². The summed E-state index contributed by atoms with van der Waals surface area (Å²) in [4.78, 5) is 11.9. The van der Waals surface area contributed by atoms with Crippen molar-refractivity contribution in [1.29, 1.82) is 0 Å². The summed E-state index contributed by atoms with van der Waals surface area (Å²) in [6, 6.07) is 9.16. The monoisotopic (exact) mass is 409 g/mol. The van der Waals surface area contributed by atoms with Crippen LogP contribution in [-0.4, -0.2) is 52.3 Å². The molecule has 1 saturated heterocycles. The van der Waals surface area contributed by atoms with Gasteiger partial charge in [0.05, 0.1) is 18.0 Å². The first-order valence-corrected chi connectivity index (χ1v) is 11.5. The molecule has 0 amide bonds. The quantitative estimate of drug-likeness (QED) is 0.660. The van der Waals surface area contributed by atoms with E-state index in [1.54, 1.807) is 0 Å². The Hall–Kier alpha value is -2.18. The molecule has 1 aliphatic heterocycles. The maximum atomic E-state index is 9.75. The number of aryl methyl sites for hydroxylation is 1. The maximum absolute atomic E-state index is 9.75. The first kappa shape index (κ1) is 21.1. The summed E-state index contributed by atoms with van der Waals surface area (Å²) in [5, 5.41) is 16.7. The number of rotatable bonds is 6. The van der Waals surface area contributed by atoms with Crippen molar-refractivity contribution in [1.82, 2.24) is 14.9 Å². The minimum atomic E-state index is -0.148. The smallest absolute Gasteiger partial charge is 0.151 e. The molecular formula is C24H35N5O. The van der Waals surface area contributed by atoms with Crippen molar-refractivity contribution in [3.05, 3.63) is 41.7 Å². The zero-order valence-electron chi connectivity index (χ0n) is 18.3. The summed E-state index contributed by atoms with van der Waals surface area (Å²) in [6.07, 6.45) is 8.65. The van der Waals surface area contributed by atoms with E-state index in [-0.39, 0.29) is 6.10 Å². The average Bonchev–Trinajstić information content (AvgIpc) is 2.77. The van der Waals surface area contributed by atoms with Crippen LogP contribution in [-0.2, 0) is 6.42 Å². The number of hydrogen-bond donors (Lipinski definition) is 3. The Labute approximate surface area is 180 Å². The Balaban J connectivity index is 1.41. The van der Waals surface area contributed by atoms with E-state index < -0.39 is 0 Å². The van der Waals surface area contributed by atoms with Gasteiger partial charge in [-0.1, -0.05) is 19.1 Å². The second-order valence-electron chi connectivity index (χ2n) is 8.88. The fraction of sp³-hybridized carbons (Fsp3) is 0.583. The van der Waals surface area contributed by atoms with Gasteiger partial charge in [-0.05, 0) is 88.7 Å². The van der Waals surface area contributed by atoms with E-state index in [1.165, 1.54) is 31.5 Å². The molecule has 6 heteroatoms. The summed E-state index contributed by atoms with van der Waals surface area (Å²) in [6.45, 7) is 4.47. The molecule has 30 heavy (non-hydrogen) atoms. The Morgan fingerprint density at radius 2 is 1.73 bits per heavy atom. The van der Waals surface area contributed by atoms with Crippen LogP contribution in [0, 0.1) is 0 Å². The molecule has 2 heterocycles. The molecule has 0 atom stereocenters. The molecule has 2 fully saturated rings. The summed E-state index contributed by atoms with van der Waals surface area (Å²) >= 11 is 0. The number of hydrogen-bond acceptors (Lipinski definition) is 6.